The molecule has 2 aromatic heterocycles. The van der Waals surface area contributed by atoms with Gasteiger partial charge in [-0.1, -0.05) is 31.1 Å². The van der Waals surface area contributed by atoms with Crippen LogP contribution >= 0.6 is 0 Å². The highest BCUT2D eigenvalue weighted by molar-refractivity contribution is 5.71. The van der Waals surface area contributed by atoms with E-state index in [0.29, 0.717) is 28.3 Å². The van der Waals surface area contributed by atoms with E-state index < -0.39 is 0 Å². The first-order valence-corrected chi connectivity index (χ1v) is 9.72. The third kappa shape index (κ3) is 3.19. The number of aromatic hydroxyl groups is 1. The number of aryl methyl sites for hydroxylation is 1. The fraction of sp³-hybridized carbons (Fsp3) is 0.364. The molecule has 0 saturated heterocycles. The molecule has 4 N–H and O–H groups in total. The number of fused-ring (bicyclic) bond motifs is 1. The number of nitrogens with two attached hydrogens (primary N) is 1. The second kappa shape index (κ2) is 7.53. The lowest BCUT2D eigenvalue weighted by atomic mass is 9.84. The summed E-state index contributed by atoms with van der Waals surface area (Å²) in [5, 5.41) is 13.6. The number of rotatable bonds is 2. The molecule has 0 atom stereocenters. The van der Waals surface area contributed by atoms with Gasteiger partial charge in [0.15, 0.2) is 5.65 Å². The molecule has 0 unspecified atom stereocenters. The van der Waals surface area contributed by atoms with Crippen molar-refractivity contribution in [3.8, 4) is 28.7 Å². The monoisotopic (exact) mass is 376 g/mol. The highest BCUT2D eigenvalue weighted by Gasteiger charge is 2.24. The van der Waals surface area contributed by atoms with Gasteiger partial charge in [0.1, 0.15) is 5.75 Å². The van der Waals surface area contributed by atoms with E-state index in [1.165, 1.54) is 23.8 Å². The molecule has 144 valence electrons. The molecule has 28 heavy (non-hydrogen) atoms. The number of benzene rings is 1. The zero-order valence-electron chi connectivity index (χ0n) is 16.0. The van der Waals surface area contributed by atoms with Crippen molar-refractivity contribution >= 4 is 5.65 Å². The van der Waals surface area contributed by atoms with Crippen molar-refractivity contribution in [2.24, 2.45) is 5.73 Å². The third-order valence-electron chi connectivity index (χ3n) is 5.52. The van der Waals surface area contributed by atoms with E-state index in [1.807, 2.05) is 6.92 Å². The van der Waals surface area contributed by atoms with Gasteiger partial charge in [0.2, 0.25) is 0 Å². The van der Waals surface area contributed by atoms with Crippen LogP contribution in [-0.2, 0) is 0 Å². The second-order valence-corrected chi connectivity index (χ2v) is 7.36. The molecule has 0 bridgehead atoms. The Kier molecular flexibility index (Phi) is 4.93. The predicted octanol–water partition coefficient (Wildman–Crippen LogP) is 3.06. The second-order valence-electron chi connectivity index (χ2n) is 7.36. The Morgan fingerprint density at radius 1 is 1.29 bits per heavy atom. The summed E-state index contributed by atoms with van der Waals surface area (Å²) in [5.74, 6) is 6.07. The minimum atomic E-state index is -0.216. The third-order valence-corrected chi connectivity index (χ3v) is 5.52. The van der Waals surface area contributed by atoms with Crippen LogP contribution < -0.4 is 11.3 Å². The minimum Gasteiger partial charge on any atom is -0.507 e. The average molecular weight is 376 g/mol. The van der Waals surface area contributed by atoms with Crippen LogP contribution in [0.5, 0.6) is 5.75 Å². The summed E-state index contributed by atoms with van der Waals surface area (Å²) in [6.45, 7) is 2.25. The van der Waals surface area contributed by atoms with Crippen molar-refractivity contribution < 1.29 is 5.11 Å². The lowest BCUT2D eigenvalue weighted by Gasteiger charge is -2.21. The molecule has 1 aliphatic carbocycles. The van der Waals surface area contributed by atoms with Crippen molar-refractivity contribution in [2.75, 3.05) is 6.54 Å². The zero-order chi connectivity index (χ0) is 19.7. The molecule has 1 saturated carbocycles. The van der Waals surface area contributed by atoms with Gasteiger partial charge in [0, 0.05) is 28.6 Å². The summed E-state index contributed by atoms with van der Waals surface area (Å²) in [4.78, 5) is 17.7. The van der Waals surface area contributed by atoms with Crippen molar-refractivity contribution in [3.63, 3.8) is 0 Å². The summed E-state index contributed by atoms with van der Waals surface area (Å²) in [6, 6.07) is 5.00. The number of H-pyrrole nitrogens is 1. The number of aromatic amines is 1. The van der Waals surface area contributed by atoms with Gasteiger partial charge in [0.05, 0.1) is 12.1 Å². The molecule has 1 aliphatic rings. The molecular formula is C22H24N4O2. The van der Waals surface area contributed by atoms with Gasteiger partial charge in [-0.15, -0.1) is 0 Å². The van der Waals surface area contributed by atoms with Crippen LogP contribution in [0.15, 0.2) is 29.2 Å². The van der Waals surface area contributed by atoms with Crippen molar-refractivity contribution in [1.29, 1.82) is 0 Å². The van der Waals surface area contributed by atoms with Gasteiger partial charge in [-0.3, -0.25) is 9.89 Å². The van der Waals surface area contributed by atoms with Gasteiger partial charge in [-0.25, -0.2) is 9.50 Å². The van der Waals surface area contributed by atoms with Gasteiger partial charge in [-0.2, -0.15) is 0 Å². The first-order valence-electron chi connectivity index (χ1n) is 9.72. The standard InChI is InChI=1S/C22H24N4O2/c1-14-20(16-7-3-2-4-8-16)21-24-13-18(22(28)26(21)25-14)17-10-9-15(6-5-11-23)12-19(17)27/h9-10,12-13,16,25,27H,2-4,7-8,11,23H2,1H3. The number of phenols is 1. The van der Waals surface area contributed by atoms with E-state index in [1.54, 1.807) is 24.4 Å². The summed E-state index contributed by atoms with van der Waals surface area (Å²) >= 11 is 0. The van der Waals surface area contributed by atoms with Gasteiger partial charge < -0.3 is 10.8 Å². The van der Waals surface area contributed by atoms with Crippen LogP contribution in [0.4, 0.5) is 0 Å². The topological polar surface area (TPSA) is 96.4 Å². The zero-order valence-corrected chi connectivity index (χ0v) is 16.0. The minimum absolute atomic E-state index is 0.00143. The summed E-state index contributed by atoms with van der Waals surface area (Å²) in [5.41, 5.74) is 9.45. The molecule has 0 radical (unpaired) electrons. The molecule has 4 rings (SSSR count). The van der Waals surface area contributed by atoms with Gasteiger partial charge in [-0.05, 0) is 43.9 Å². The SMILES string of the molecule is Cc1[nH]n2c(=O)c(-c3ccc(C#CCN)cc3O)cnc2c1C1CCCCC1. The van der Waals surface area contributed by atoms with Crippen LogP contribution in [0.3, 0.4) is 0 Å². The average Bonchev–Trinajstić information content (AvgIpc) is 3.05. The van der Waals surface area contributed by atoms with Crippen LogP contribution in [-0.4, -0.2) is 26.2 Å². The summed E-state index contributed by atoms with van der Waals surface area (Å²) < 4.78 is 1.51. The predicted molar refractivity (Wildman–Crippen MR) is 109 cm³/mol. The highest BCUT2D eigenvalue weighted by atomic mass is 16.3. The lowest BCUT2D eigenvalue weighted by molar-refractivity contribution is 0.444. The maximum Gasteiger partial charge on any atom is 0.280 e. The Labute approximate surface area is 163 Å². The Morgan fingerprint density at radius 2 is 2.07 bits per heavy atom. The van der Waals surface area contributed by atoms with Crippen molar-refractivity contribution in [1.82, 2.24) is 14.6 Å². The lowest BCUT2D eigenvalue weighted by Crippen LogP contribution is -2.17. The smallest absolute Gasteiger partial charge is 0.280 e. The van der Waals surface area contributed by atoms with E-state index in [2.05, 4.69) is 21.9 Å². The molecule has 2 heterocycles. The Balaban J connectivity index is 1.80. The highest BCUT2D eigenvalue weighted by Crippen LogP contribution is 2.36. The number of hydrogen-bond acceptors (Lipinski definition) is 4. The molecule has 1 aromatic carbocycles. The van der Waals surface area contributed by atoms with E-state index in [-0.39, 0.29) is 17.9 Å². The fourth-order valence-corrected chi connectivity index (χ4v) is 4.20. The Bertz CT molecular complexity index is 1140. The number of nitrogens with one attached hydrogen (secondary N) is 1. The molecular weight excluding hydrogens is 352 g/mol. The number of phenolic OH excluding ortho intramolecular Hbond substituents is 1. The van der Waals surface area contributed by atoms with Gasteiger partial charge in [0.25, 0.3) is 5.56 Å². The van der Waals surface area contributed by atoms with Crippen LogP contribution in [0, 0.1) is 18.8 Å². The van der Waals surface area contributed by atoms with E-state index in [0.717, 1.165) is 24.1 Å². The van der Waals surface area contributed by atoms with E-state index >= 15 is 0 Å². The maximum atomic E-state index is 13.1. The molecule has 3 aromatic rings. The Morgan fingerprint density at radius 3 is 2.79 bits per heavy atom. The quantitative estimate of drug-likeness (QED) is 0.599. The largest absolute Gasteiger partial charge is 0.507 e. The number of nitrogens with zero attached hydrogens (tertiary/aromatic N) is 2. The molecule has 1 fully saturated rings. The molecule has 6 nitrogen and oxygen atoms in total. The Hall–Kier alpha value is -3.04. The van der Waals surface area contributed by atoms with Crippen LogP contribution in [0.2, 0.25) is 0 Å². The normalized spacial score (nSPS) is 14.8. The molecule has 0 amide bonds. The number of hydrogen-bond donors (Lipinski definition) is 3. The molecule has 6 heteroatoms. The summed E-state index contributed by atoms with van der Waals surface area (Å²) in [7, 11) is 0. The molecule has 0 spiro atoms. The first kappa shape index (κ1) is 18.3. The summed E-state index contributed by atoms with van der Waals surface area (Å²) in [6.07, 6.45) is 7.56. The molecule has 0 aliphatic heterocycles. The maximum absolute atomic E-state index is 13.1. The van der Waals surface area contributed by atoms with Crippen molar-refractivity contribution in [3.05, 3.63) is 51.6 Å². The van der Waals surface area contributed by atoms with E-state index in [9.17, 15) is 9.90 Å². The fourth-order valence-electron chi connectivity index (χ4n) is 4.20. The van der Waals surface area contributed by atoms with Crippen LogP contribution in [0.25, 0.3) is 16.8 Å². The first-order chi connectivity index (χ1) is 13.6. The van der Waals surface area contributed by atoms with Crippen molar-refractivity contribution in [2.45, 2.75) is 44.9 Å². The van der Waals surface area contributed by atoms with E-state index in [4.69, 9.17) is 5.73 Å². The van der Waals surface area contributed by atoms with Crippen LogP contribution in [0.1, 0.15) is 54.8 Å². The number of aromatic nitrogens is 3. The van der Waals surface area contributed by atoms with Gasteiger partial charge >= 0.3 is 0 Å².